The lowest BCUT2D eigenvalue weighted by atomic mass is 9.87. The van der Waals surface area contributed by atoms with Crippen molar-refractivity contribution in [3.63, 3.8) is 0 Å². The third-order valence-electron chi connectivity index (χ3n) is 6.18. The van der Waals surface area contributed by atoms with E-state index in [0.29, 0.717) is 0 Å². The number of hydrogen-bond acceptors (Lipinski definition) is 4. The van der Waals surface area contributed by atoms with Crippen LogP contribution in [0.25, 0.3) is 0 Å². The van der Waals surface area contributed by atoms with E-state index in [1.54, 1.807) is 0 Å². The molecular formula is C23H30FN3O. The third kappa shape index (κ3) is 4.72. The number of rotatable bonds is 6. The topological polar surface area (TPSA) is 27.7 Å². The summed E-state index contributed by atoms with van der Waals surface area (Å²) < 4.78 is 18.9. The summed E-state index contributed by atoms with van der Waals surface area (Å²) in [6.07, 6.45) is 2.08. The molecule has 4 rings (SSSR count). The zero-order chi connectivity index (χ0) is 19.2. The molecule has 0 bridgehead atoms. The number of benzene rings is 2. The van der Waals surface area contributed by atoms with Crippen molar-refractivity contribution in [1.82, 2.24) is 9.80 Å². The maximum absolute atomic E-state index is 13.2. The Bertz CT molecular complexity index is 723. The van der Waals surface area contributed by atoms with Crippen molar-refractivity contribution in [2.24, 2.45) is 0 Å². The molecule has 2 aromatic rings. The second kappa shape index (κ2) is 9.03. The Morgan fingerprint density at radius 2 is 1.57 bits per heavy atom. The van der Waals surface area contributed by atoms with Crippen LogP contribution in [0.3, 0.4) is 0 Å². The minimum absolute atomic E-state index is 0.117. The molecule has 0 amide bonds. The fourth-order valence-corrected chi connectivity index (χ4v) is 4.41. The Labute approximate surface area is 167 Å². The van der Waals surface area contributed by atoms with Crippen molar-refractivity contribution in [3.05, 3.63) is 66.0 Å². The molecule has 0 spiro atoms. The summed E-state index contributed by atoms with van der Waals surface area (Å²) >= 11 is 0. The van der Waals surface area contributed by atoms with Crippen molar-refractivity contribution in [3.8, 4) is 0 Å². The Morgan fingerprint density at radius 3 is 2.25 bits per heavy atom. The van der Waals surface area contributed by atoms with Crippen LogP contribution in [0.15, 0.2) is 54.6 Å². The van der Waals surface area contributed by atoms with E-state index in [9.17, 15) is 4.39 Å². The molecule has 2 fully saturated rings. The summed E-state index contributed by atoms with van der Waals surface area (Å²) in [5, 5.41) is 3.55. The molecule has 2 saturated heterocycles. The summed E-state index contributed by atoms with van der Waals surface area (Å²) in [5.74, 6) is -0.194. The summed E-state index contributed by atoms with van der Waals surface area (Å²) in [5.41, 5.74) is 2.48. The second-order valence-electron chi connectivity index (χ2n) is 7.95. The van der Waals surface area contributed by atoms with Crippen LogP contribution in [0, 0.1) is 5.82 Å². The van der Waals surface area contributed by atoms with Gasteiger partial charge in [-0.25, -0.2) is 4.39 Å². The molecule has 5 heteroatoms. The third-order valence-corrected chi connectivity index (χ3v) is 6.18. The molecule has 1 N–H and O–H groups in total. The molecule has 28 heavy (non-hydrogen) atoms. The van der Waals surface area contributed by atoms with Crippen molar-refractivity contribution < 1.29 is 9.13 Å². The number of hydrogen-bond donors (Lipinski definition) is 1. The van der Waals surface area contributed by atoms with Crippen molar-refractivity contribution >= 4 is 5.69 Å². The van der Waals surface area contributed by atoms with E-state index in [0.717, 1.165) is 71.0 Å². The zero-order valence-corrected chi connectivity index (χ0v) is 16.4. The zero-order valence-electron chi connectivity index (χ0n) is 16.4. The molecule has 0 aromatic heterocycles. The first-order chi connectivity index (χ1) is 13.7. The summed E-state index contributed by atoms with van der Waals surface area (Å²) in [6, 6.07) is 17.4. The predicted octanol–water partition coefficient (Wildman–Crippen LogP) is 3.60. The average Bonchev–Trinajstić information content (AvgIpc) is 2.75. The molecule has 2 heterocycles. The van der Waals surface area contributed by atoms with E-state index >= 15 is 0 Å². The number of piperazine rings is 1. The Morgan fingerprint density at radius 1 is 0.893 bits per heavy atom. The summed E-state index contributed by atoms with van der Waals surface area (Å²) in [4.78, 5) is 5.21. The quantitative estimate of drug-likeness (QED) is 0.825. The molecular weight excluding hydrogens is 353 g/mol. The van der Waals surface area contributed by atoms with Crippen LogP contribution in [-0.2, 0) is 11.3 Å². The van der Waals surface area contributed by atoms with Crippen LogP contribution in [0.1, 0.15) is 18.4 Å². The molecule has 150 valence electrons. The van der Waals surface area contributed by atoms with E-state index in [4.69, 9.17) is 4.74 Å². The van der Waals surface area contributed by atoms with E-state index in [1.165, 1.54) is 17.7 Å². The van der Waals surface area contributed by atoms with Crippen LogP contribution >= 0.6 is 0 Å². The monoisotopic (exact) mass is 383 g/mol. The minimum atomic E-state index is -0.194. The van der Waals surface area contributed by atoms with Gasteiger partial charge in [0.25, 0.3) is 0 Å². The fraction of sp³-hybridized carbons (Fsp3) is 0.478. The Kier molecular flexibility index (Phi) is 6.25. The first-order valence-electron chi connectivity index (χ1n) is 10.3. The first-order valence-corrected chi connectivity index (χ1v) is 10.3. The largest absolute Gasteiger partial charge is 0.383 e. The van der Waals surface area contributed by atoms with Gasteiger partial charge >= 0.3 is 0 Å². The molecule has 2 aliphatic rings. The van der Waals surface area contributed by atoms with E-state index in [2.05, 4.69) is 45.4 Å². The van der Waals surface area contributed by atoms with Crippen LogP contribution in [0.4, 0.5) is 10.1 Å². The van der Waals surface area contributed by atoms with Gasteiger partial charge in [0.05, 0.1) is 0 Å². The molecule has 0 aliphatic carbocycles. The highest BCUT2D eigenvalue weighted by Gasteiger charge is 2.39. The maximum atomic E-state index is 13.2. The molecule has 4 nitrogen and oxygen atoms in total. The maximum Gasteiger partial charge on any atom is 0.123 e. The number of anilines is 1. The van der Waals surface area contributed by atoms with Gasteiger partial charge < -0.3 is 10.1 Å². The van der Waals surface area contributed by atoms with E-state index < -0.39 is 0 Å². The van der Waals surface area contributed by atoms with Crippen LogP contribution in [0.5, 0.6) is 0 Å². The fourth-order valence-electron chi connectivity index (χ4n) is 4.41. The average molecular weight is 384 g/mol. The van der Waals surface area contributed by atoms with Crippen molar-refractivity contribution in [2.75, 3.05) is 51.3 Å². The number of ether oxygens (including phenoxy) is 1. The molecule has 0 saturated carbocycles. The molecule has 2 aromatic carbocycles. The Balaban J connectivity index is 1.37. The van der Waals surface area contributed by atoms with Gasteiger partial charge in [-0.2, -0.15) is 0 Å². The van der Waals surface area contributed by atoms with Gasteiger partial charge in [0.2, 0.25) is 0 Å². The lowest BCUT2D eigenvalue weighted by Gasteiger charge is -2.50. The van der Waals surface area contributed by atoms with Crippen LogP contribution < -0.4 is 5.32 Å². The lowest BCUT2D eigenvalue weighted by Crippen LogP contribution is -2.61. The molecule has 0 radical (unpaired) electrons. The van der Waals surface area contributed by atoms with Gasteiger partial charge in [0, 0.05) is 63.7 Å². The highest BCUT2D eigenvalue weighted by molar-refractivity contribution is 5.43. The number of nitrogens with one attached hydrogen (secondary N) is 1. The smallest absolute Gasteiger partial charge is 0.123 e. The van der Waals surface area contributed by atoms with E-state index in [1.807, 2.05) is 12.1 Å². The Hall–Kier alpha value is -1.95. The van der Waals surface area contributed by atoms with Crippen LogP contribution in [0.2, 0.25) is 0 Å². The van der Waals surface area contributed by atoms with Gasteiger partial charge in [-0.3, -0.25) is 9.80 Å². The van der Waals surface area contributed by atoms with Gasteiger partial charge in [0.15, 0.2) is 0 Å². The number of halogens is 1. The lowest BCUT2D eigenvalue weighted by molar-refractivity contribution is -0.0413. The molecule has 0 atom stereocenters. The standard InChI is InChI=1S/C23H30FN3O/c24-21-6-8-22(9-7-21)25-19-23(10-16-28-17-11-23)27-14-12-26(13-15-27)18-20-4-2-1-3-5-20/h1-9,25H,10-19H2. The summed E-state index contributed by atoms with van der Waals surface area (Å²) in [7, 11) is 0. The highest BCUT2D eigenvalue weighted by atomic mass is 19.1. The highest BCUT2D eigenvalue weighted by Crippen LogP contribution is 2.30. The first kappa shape index (κ1) is 19.4. The van der Waals surface area contributed by atoms with Crippen molar-refractivity contribution in [1.29, 1.82) is 0 Å². The molecule has 2 aliphatic heterocycles. The van der Waals surface area contributed by atoms with Crippen molar-refractivity contribution in [2.45, 2.75) is 24.9 Å². The van der Waals surface area contributed by atoms with Crippen LogP contribution in [-0.4, -0.2) is 61.3 Å². The predicted molar refractivity (Wildman–Crippen MR) is 111 cm³/mol. The SMILES string of the molecule is Fc1ccc(NCC2(N3CCN(Cc4ccccc4)CC3)CCOCC2)cc1. The minimum Gasteiger partial charge on any atom is -0.383 e. The van der Waals surface area contributed by atoms with Gasteiger partial charge in [-0.05, 0) is 42.7 Å². The van der Waals surface area contributed by atoms with Gasteiger partial charge in [0.1, 0.15) is 5.82 Å². The second-order valence-corrected chi connectivity index (χ2v) is 7.95. The normalized spacial score (nSPS) is 20.8. The van der Waals surface area contributed by atoms with Gasteiger partial charge in [-0.1, -0.05) is 30.3 Å². The number of nitrogens with zero attached hydrogens (tertiary/aromatic N) is 2. The van der Waals surface area contributed by atoms with Gasteiger partial charge in [-0.15, -0.1) is 0 Å². The van der Waals surface area contributed by atoms with E-state index in [-0.39, 0.29) is 11.4 Å². The summed E-state index contributed by atoms with van der Waals surface area (Å²) in [6.45, 7) is 7.88. The molecule has 0 unspecified atom stereocenters.